The van der Waals surface area contributed by atoms with Crippen LogP contribution < -0.4 is 0 Å². The zero-order valence-electron chi connectivity index (χ0n) is 13.1. The summed E-state index contributed by atoms with van der Waals surface area (Å²) in [6.07, 6.45) is 3.60. The zero-order chi connectivity index (χ0) is 15.8. The zero-order valence-corrected chi connectivity index (χ0v) is 13.1. The van der Waals surface area contributed by atoms with E-state index in [2.05, 4.69) is 24.0 Å². The average Bonchev–Trinajstić information content (AvgIpc) is 2.96. The lowest BCUT2D eigenvalue weighted by Gasteiger charge is -2.04. The van der Waals surface area contributed by atoms with E-state index in [1.165, 1.54) is 0 Å². The molecule has 0 atom stereocenters. The van der Waals surface area contributed by atoms with Crippen LogP contribution in [0.1, 0.15) is 11.4 Å². The summed E-state index contributed by atoms with van der Waals surface area (Å²) >= 11 is 0. The van der Waals surface area contributed by atoms with Gasteiger partial charge in [-0.3, -0.25) is 4.98 Å². The Bertz CT molecular complexity index is 973. The highest BCUT2D eigenvalue weighted by Crippen LogP contribution is 2.34. The number of hydrogen-bond acceptors (Lipinski definition) is 3. The molecule has 0 radical (unpaired) electrons. The molecule has 0 bridgehead atoms. The van der Waals surface area contributed by atoms with Crippen molar-refractivity contribution >= 4 is 5.65 Å². The van der Waals surface area contributed by atoms with Gasteiger partial charge in [0.15, 0.2) is 5.65 Å². The summed E-state index contributed by atoms with van der Waals surface area (Å²) < 4.78 is 1.92. The number of rotatable bonds is 2. The van der Waals surface area contributed by atoms with E-state index in [1.807, 2.05) is 47.8 Å². The minimum Gasteiger partial charge on any atom is -0.265 e. The van der Waals surface area contributed by atoms with Crippen molar-refractivity contribution in [2.75, 3.05) is 0 Å². The monoisotopic (exact) mass is 300 g/mol. The summed E-state index contributed by atoms with van der Waals surface area (Å²) in [6.45, 7) is 4.07. The first-order chi connectivity index (χ1) is 11.2. The minimum absolute atomic E-state index is 0.882. The first kappa shape index (κ1) is 13.6. The third kappa shape index (κ3) is 2.28. The van der Waals surface area contributed by atoms with Gasteiger partial charge in [-0.15, -0.1) is 0 Å². The van der Waals surface area contributed by atoms with Crippen LogP contribution >= 0.6 is 0 Å². The van der Waals surface area contributed by atoms with Crippen molar-refractivity contribution in [1.29, 1.82) is 0 Å². The molecule has 0 saturated heterocycles. The van der Waals surface area contributed by atoms with Crippen molar-refractivity contribution in [2.24, 2.45) is 0 Å². The lowest BCUT2D eigenvalue weighted by molar-refractivity contribution is 0.889. The van der Waals surface area contributed by atoms with Gasteiger partial charge < -0.3 is 0 Å². The van der Waals surface area contributed by atoms with E-state index in [-0.39, 0.29) is 0 Å². The smallest absolute Gasteiger partial charge is 0.164 e. The Hall–Kier alpha value is -3.01. The maximum absolute atomic E-state index is 4.83. The van der Waals surface area contributed by atoms with Crippen LogP contribution in [0.3, 0.4) is 0 Å². The number of aryl methyl sites for hydroxylation is 2. The molecule has 3 aromatic heterocycles. The largest absolute Gasteiger partial charge is 0.265 e. The molecule has 0 spiro atoms. The maximum atomic E-state index is 4.83. The second-order valence-electron chi connectivity index (χ2n) is 5.60. The van der Waals surface area contributed by atoms with Crippen LogP contribution in [-0.2, 0) is 0 Å². The molecule has 1 aromatic carbocycles. The van der Waals surface area contributed by atoms with Gasteiger partial charge in [-0.2, -0.15) is 5.10 Å². The number of pyridine rings is 1. The van der Waals surface area contributed by atoms with E-state index in [0.29, 0.717) is 0 Å². The quantitative estimate of drug-likeness (QED) is 0.560. The molecule has 0 N–H and O–H groups in total. The standard InChI is InChI=1S/C19H16N4/c1-13-12-14(2)23-19(21-13)17(15-8-10-20-11-9-15)18(22-23)16-6-4-3-5-7-16/h3-12H,1-2H3. The SMILES string of the molecule is Cc1cc(C)n2nc(-c3ccccc3)c(-c3ccncc3)c2n1. The fraction of sp³-hybridized carbons (Fsp3) is 0.105. The van der Waals surface area contributed by atoms with Crippen LogP contribution in [0.5, 0.6) is 0 Å². The summed E-state index contributed by atoms with van der Waals surface area (Å²) in [5.41, 5.74) is 7.10. The van der Waals surface area contributed by atoms with E-state index in [4.69, 9.17) is 10.1 Å². The Labute approximate surface area is 134 Å². The number of fused-ring (bicyclic) bond motifs is 1. The minimum atomic E-state index is 0.882. The topological polar surface area (TPSA) is 43.1 Å². The predicted molar refractivity (Wildman–Crippen MR) is 91.1 cm³/mol. The summed E-state index contributed by atoms with van der Waals surface area (Å²) in [4.78, 5) is 8.86. The summed E-state index contributed by atoms with van der Waals surface area (Å²) in [6, 6.07) is 16.3. The Kier molecular flexibility index (Phi) is 3.15. The van der Waals surface area contributed by atoms with E-state index >= 15 is 0 Å². The molecule has 0 fully saturated rings. The van der Waals surface area contributed by atoms with Crippen LogP contribution in [0.25, 0.3) is 28.0 Å². The molecule has 4 aromatic rings. The van der Waals surface area contributed by atoms with E-state index < -0.39 is 0 Å². The summed E-state index contributed by atoms with van der Waals surface area (Å²) in [7, 11) is 0. The molecular weight excluding hydrogens is 284 g/mol. The van der Waals surface area contributed by atoms with Gasteiger partial charge in [0.1, 0.15) is 5.69 Å². The lowest BCUT2D eigenvalue weighted by Crippen LogP contribution is -1.97. The van der Waals surface area contributed by atoms with Crippen LogP contribution in [-0.4, -0.2) is 19.6 Å². The molecule has 4 rings (SSSR count). The van der Waals surface area contributed by atoms with E-state index in [1.54, 1.807) is 12.4 Å². The van der Waals surface area contributed by atoms with Crippen LogP contribution in [0, 0.1) is 13.8 Å². The van der Waals surface area contributed by atoms with Crippen molar-refractivity contribution in [1.82, 2.24) is 19.6 Å². The summed E-state index contributed by atoms with van der Waals surface area (Å²) in [5.74, 6) is 0. The molecule has 4 nitrogen and oxygen atoms in total. The number of nitrogens with zero attached hydrogens (tertiary/aromatic N) is 4. The second kappa shape index (κ2) is 5.32. The fourth-order valence-corrected chi connectivity index (χ4v) is 2.90. The van der Waals surface area contributed by atoms with Crippen molar-refractivity contribution < 1.29 is 0 Å². The predicted octanol–water partition coefficient (Wildman–Crippen LogP) is 4.08. The van der Waals surface area contributed by atoms with Gasteiger partial charge in [-0.1, -0.05) is 30.3 Å². The van der Waals surface area contributed by atoms with Crippen molar-refractivity contribution in [3.63, 3.8) is 0 Å². The van der Waals surface area contributed by atoms with Crippen LogP contribution in [0.4, 0.5) is 0 Å². The number of hydrogen-bond donors (Lipinski definition) is 0. The van der Waals surface area contributed by atoms with Crippen molar-refractivity contribution in [2.45, 2.75) is 13.8 Å². The van der Waals surface area contributed by atoms with Gasteiger partial charge in [0.05, 0.1) is 5.56 Å². The van der Waals surface area contributed by atoms with Gasteiger partial charge >= 0.3 is 0 Å². The second-order valence-corrected chi connectivity index (χ2v) is 5.60. The van der Waals surface area contributed by atoms with E-state index in [0.717, 1.165) is 39.4 Å². The summed E-state index contributed by atoms with van der Waals surface area (Å²) in [5, 5.41) is 4.83. The molecule has 112 valence electrons. The molecule has 0 aliphatic rings. The van der Waals surface area contributed by atoms with Gasteiger partial charge in [0.2, 0.25) is 0 Å². The Morgan fingerprint density at radius 2 is 1.61 bits per heavy atom. The normalized spacial score (nSPS) is 11.0. The van der Waals surface area contributed by atoms with Gasteiger partial charge in [0, 0.05) is 29.3 Å². The van der Waals surface area contributed by atoms with Crippen molar-refractivity contribution in [3.8, 4) is 22.4 Å². The molecule has 3 heterocycles. The Morgan fingerprint density at radius 3 is 2.35 bits per heavy atom. The molecule has 0 unspecified atom stereocenters. The Balaban J connectivity index is 2.12. The first-order valence-electron chi connectivity index (χ1n) is 7.57. The highest BCUT2D eigenvalue weighted by molar-refractivity contribution is 5.90. The highest BCUT2D eigenvalue weighted by atomic mass is 15.3. The molecule has 23 heavy (non-hydrogen) atoms. The molecule has 0 saturated carbocycles. The van der Waals surface area contributed by atoms with Gasteiger partial charge in [0.25, 0.3) is 0 Å². The molecule has 0 aliphatic heterocycles. The van der Waals surface area contributed by atoms with Gasteiger partial charge in [-0.25, -0.2) is 9.50 Å². The first-order valence-corrected chi connectivity index (χ1v) is 7.57. The van der Waals surface area contributed by atoms with Gasteiger partial charge in [-0.05, 0) is 37.6 Å². The molecule has 0 aliphatic carbocycles. The number of benzene rings is 1. The average molecular weight is 300 g/mol. The third-order valence-electron chi connectivity index (χ3n) is 3.91. The van der Waals surface area contributed by atoms with E-state index in [9.17, 15) is 0 Å². The highest BCUT2D eigenvalue weighted by Gasteiger charge is 2.18. The van der Waals surface area contributed by atoms with Crippen LogP contribution in [0.15, 0.2) is 60.9 Å². The molecular formula is C19H16N4. The number of aromatic nitrogens is 4. The third-order valence-corrected chi connectivity index (χ3v) is 3.91. The molecule has 4 heteroatoms. The van der Waals surface area contributed by atoms with Crippen molar-refractivity contribution in [3.05, 3.63) is 72.3 Å². The lowest BCUT2D eigenvalue weighted by atomic mass is 10.0. The maximum Gasteiger partial charge on any atom is 0.164 e. The van der Waals surface area contributed by atoms with Crippen LogP contribution in [0.2, 0.25) is 0 Å². The fourth-order valence-electron chi connectivity index (χ4n) is 2.90. The Morgan fingerprint density at radius 1 is 0.870 bits per heavy atom. The molecule has 0 amide bonds.